The van der Waals surface area contributed by atoms with Crippen LogP contribution in [0.1, 0.15) is 51.0 Å². The predicted molar refractivity (Wildman–Crippen MR) is 106 cm³/mol. The highest BCUT2D eigenvalue weighted by Gasteiger charge is 2.30. The second-order valence-corrected chi connectivity index (χ2v) is 7.78. The molecule has 2 aromatic rings. The lowest BCUT2D eigenvalue weighted by molar-refractivity contribution is -0.125. The lowest BCUT2D eigenvalue weighted by Crippen LogP contribution is -2.36. The normalized spacial score (nSPS) is 17.5. The molecule has 7 heteroatoms. The van der Waals surface area contributed by atoms with E-state index in [0.717, 1.165) is 49.8 Å². The maximum atomic E-state index is 12.9. The van der Waals surface area contributed by atoms with Crippen LogP contribution in [-0.4, -0.2) is 33.9 Å². The molecule has 1 heterocycles. The molecular formula is C21H28N4O3. The van der Waals surface area contributed by atoms with Gasteiger partial charge in [-0.05, 0) is 49.9 Å². The molecule has 0 atom stereocenters. The van der Waals surface area contributed by atoms with Gasteiger partial charge in [0.05, 0.1) is 13.7 Å². The minimum Gasteiger partial charge on any atom is -0.497 e. The number of hydrogen-bond donors (Lipinski definition) is 1. The van der Waals surface area contributed by atoms with Gasteiger partial charge in [-0.15, -0.1) is 5.10 Å². The van der Waals surface area contributed by atoms with E-state index in [0.29, 0.717) is 18.9 Å². The fourth-order valence-electron chi connectivity index (χ4n) is 3.96. The Morgan fingerprint density at radius 3 is 2.50 bits per heavy atom. The quantitative estimate of drug-likeness (QED) is 0.796. The highest BCUT2D eigenvalue weighted by molar-refractivity contribution is 5.78. The summed E-state index contributed by atoms with van der Waals surface area (Å²) < 4.78 is 8.50. The first kappa shape index (κ1) is 18.8. The van der Waals surface area contributed by atoms with Crippen molar-refractivity contribution >= 4 is 5.91 Å². The number of rotatable bonds is 7. The van der Waals surface area contributed by atoms with Gasteiger partial charge < -0.3 is 10.1 Å². The first-order valence-corrected chi connectivity index (χ1v) is 10.3. The molecule has 1 N–H and O–H groups in total. The van der Waals surface area contributed by atoms with Gasteiger partial charge in [-0.1, -0.05) is 19.3 Å². The number of amides is 1. The lowest BCUT2D eigenvalue weighted by Gasteiger charge is -2.20. The lowest BCUT2D eigenvalue weighted by atomic mass is 9.89. The van der Waals surface area contributed by atoms with Gasteiger partial charge in [0.1, 0.15) is 5.75 Å². The van der Waals surface area contributed by atoms with Crippen LogP contribution in [0, 0.1) is 5.92 Å². The summed E-state index contributed by atoms with van der Waals surface area (Å²) in [6, 6.07) is 7.83. The van der Waals surface area contributed by atoms with Crippen molar-refractivity contribution in [1.82, 2.24) is 19.7 Å². The minimum atomic E-state index is -0.0970. The van der Waals surface area contributed by atoms with Gasteiger partial charge in [0.25, 0.3) is 0 Å². The summed E-state index contributed by atoms with van der Waals surface area (Å²) in [5.41, 5.74) is 0.801. The average Bonchev–Trinajstić information content (AvgIpc) is 3.52. The van der Waals surface area contributed by atoms with Crippen molar-refractivity contribution in [2.24, 2.45) is 5.92 Å². The van der Waals surface area contributed by atoms with Crippen molar-refractivity contribution in [3.8, 4) is 17.1 Å². The van der Waals surface area contributed by atoms with E-state index < -0.39 is 0 Å². The molecule has 0 bridgehead atoms. The molecule has 4 rings (SSSR count). The second-order valence-electron chi connectivity index (χ2n) is 7.78. The van der Waals surface area contributed by atoms with Crippen molar-refractivity contribution in [2.45, 2.75) is 57.5 Å². The van der Waals surface area contributed by atoms with Crippen molar-refractivity contribution in [3.63, 3.8) is 0 Å². The molecule has 0 radical (unpaired) electrons. The highest BCUT2D eigenvalue weighted by atomic mass is 16.5. The van der Waals surface area contributed by atoms with Gasteiger partial charge in [-0.2, -0.15) is 0 Å². The molecule has 2 fully saturated rings. The van der Waals surface area contributed by atoms with Gasteiger partial charge in [-0.25, -0.2) is 9.48 Å². The fourth-order valence-corrected chi connectivity index (χ4v) is 3.96. The van der Waals surface area contributed by atoms with E-state index in [1.165, 1.54) is 11.1 Å². The van der Waals surface area contributed by atoms with Crippen molar-refractivity contribution in [3.05, 3.63) is 34.7 Å². The van der Waals surface area contributed by atoms with E-state index in [1.54, 1.807) is 11.7 Å². The largest absolute Gasteiger partial charge is 0.497 e. The summed E-state index contributed by atoms with van der Waals surface area (Å²) in [4.78, 5) is 25.2. The van der Waals surface area contributed by atoms with Gasteiger partial charge in [0, 0.05) is 24.1 Å². The minimum absolute atomic E-state index is 0.0970. The van der Waals surface area contributed by atoms with Crippen LogP contribution in [0.25, 0.3) is 11.4 Å². The Kier molecular flexibility index (Phi) is 5.50. The predicted octanol–water partition coefficient (Wildman–Crippen LogP) is 2.75. The Morgan fingerprint density at radius 2 is 1.86 bits per heavy atom. The van der Waals surface area contributed by atoms with E-state index >= 15 is 0 Å². The van der Waals surface area contributed by atoms with Crippen molar-refractivity contribution in [1.29, 1.82) is 0 Å². The summed E-state index contributed by atoms with van der Waals surface area (Å²) in [6.45, 7) is 0.819. The molecular weight excluding hydrogens is 356 g/mol. The summed E-state index contributed by atoms with van der Waals surface area (Å²) in [6.07, 6.45) is 7.46. The average molecular weight is 384 g/mol. The third kappa shape index (κ3) is 3.98. The summed E-state index contributed by atoms with van der Waals surface area (Å²) in [5, 5.41) is 7.57. The standard InChI is InChI=1S/C21H28N4O3/c1-28-18-11-7-15(8-12-18)19-23-24(21(27)25(19)17-9-10-17)14-13-22-20(26)16-5-3-2-4-6-16/h7-8,11-12,16-17H,2-6,9-10,13-14H2,1H3,(H,22,26). The van der Waals surface area contributed by atoms with Gasteiger partial charge in [0.15, 0.2) is 5.82 Å². The van der Waals surface area contributed by atoms with Gasteiger partial charge in [-0.3, -0.25) is 9.36 Å². The number of nitrogens with zero attached hydrogens (tertiary/aromatic N) is 3. The molecule has 2 aliphatic rings. The zero-order chi connectivity index (χ0) is 19.5. The van der Waals surface area contributed by atoms with Crippen LogP contribution in [0.4, 0.5) is 0 Å². The van der Waals surface area contributed by atoms with Gasteiger partial charge >= 0.3 is 5.69 Å². The Hall–Kier alpha value is -2.57. The molecule has 2 saturated carbocycles. The molecule has 0 aliphatic heterocycles. The number of methoxy groups -OCH3 is 1. The zero-order valence-corrected chi connectivity index (χ0v) is 16.4. The van der Waals surface area contributed by atoms with E-state index in [1.807, 2.05) is 24.3 Å². The number of hydrogen-bond acceptors (Lipinski definition) is 4. The highest BCUT2D eigenvalue weighted by Crippen LogP contribution is 2.36. The topological polar surface area (TPSA) is 78.2 Å². The fraction of sp³-hybridized carbons (Fsp3) is 0.571. The Bertz CT molecular complexity index is 874. The Morgan fingerprint density at radius 1 is 1.14 bits per heavy atom. The number of carbonyl (C=O) groups excluding carboxylic acids is 1. The smallest absolute Gasteiger partial charge is 0.346 e. The zero-order valence-electron chi connectivity index (χ0n) is 16.4. The van der Waals surface area contributed by atoms with Crippen LogP contribution < -0.4 is 15.7 Å². The SMILES string of the molecule is COc1ccc(-c2nn(CCNC(=O)C3CCCCC3)c(=O)n2C2CC2)cc1. The van der Waals surface area contributed by atoms with Crippen LogP contribution in [0.3, 0.4) is 0 Å². The number of aromatic nitrogens is 3. The summed E-state index contributed by atoms with van der Waals surface area (Å²) in [5.74, 6) is 1.71. The molecule has 2 aliphatic carbocycles. The molecule has 1 aromatic carbocycles. The van der Waals surface area contributed by atoms with E-state index in [-0.39, 0.29) is 23.6 Å². The summed E-state index contributed by atoms with van der Waals surface area (Å²) in [7, 11) is 1.63. The maximum absolute atomic E-state index is 12.9. The third-order valence-corrected chi connectivity index (χ3v) is 5.73. The molecule has 0 spiro atoms. The number of benzene rings is 1. The number of nitrogens with one attached hydrogen (secondary N) is 1. The van der Waals surface area contributed by atoms with Crippen molar-refractivity contribution < 1.29 is 9.53 Å². The number of ether oxygens (including phenoxy) is 1. The molecule has 28 heavy (non-hydrogen) atoms. The van der Waals surface area contributed by atoms with Crippen LogP contribution in [-0.2, 0) is 11.3 Å². The third-order valence-electron chi connectivity index (χ3n) is 5.73. The van der Waals surface area contributed by atoms with E-state index in [9.17, 15) is 9.59 Å². The molecule has 150 valence electrons. The van der Waals surface area contributed by atoms with Crippen LogP contribution in [0.5, 0.6) is 5.75 Å². The first-order chi connectivity index (χ1) is 13.7. The molecule has 7 nitrogen and oxygen atoms in total. The number of carbonyl (C=O) groups is 1. The molecule has 0 unspecified atom stereocenters. The van der Waals surface area contributed by atoms with Crippen LogP contribution in [0.15, 0.2) is 29.1 Å². The van der Waals surface area contributed by atoms with Crippen LogP contribution >= 0.6 is 0 Å². The molecule has 0 saturated heterocycles. The van der Waals surface area contributed by atoms with Crippen LogP contribution in [0.2, 0.25) is 0 Å². The second kappa shape index (κ2) is 8.20. The molecule has 1 amide bonds. The van der Waals surface area contributed by atoms with E-state index in [4.69, 9.17) is 4.74 Å². The monoisotopic (exact) mass is 384 g/mol. The first-order valence-electron chi connectivity index (χ1n) is 10.3. The molecule has 1 aromatic heterocycles. The van der Waals surface area contributed by atoms with Gasteiger partial charge in [0.2, 0.25) is 5.91 Å². The van der Waals surface area contributed by atoms with E-state index in [2.05, 4.69) is 10.4 Å². The Labute approximate surface area is 164 Å². The Balaban J connectivity index is 1.47. The van der Waals surface area contributed by atoms with Crippen molar-refractivity contribution in [2.75, 3.05) is 13.7 Å². The maximum Gasteiger partial charge on any atom is 0.346 e. The summed E-state index contributed by atoms with van der Waals surface area (Å²) >= 11 is 0.